The first-order chi connectivity index (χ1) is 41.0. The Kier molecular flexibility index (Phi) is 14.6. The van der Waals surface area contributed by atoms with Crippen LogP contribution >= 0.6 is 0 Å². The number of hydrogen-bond acceptors (Lipinski definition) is 4. The molecule has 0 spiro atoms. The third-order valence-electron chi connectivity index (χ3n) is 16.9. The zero-order valence-electron chi connectivity index (χ0n) is 50.5. The molecule has 0 saturated heterocycles. The van der Waals surface area contributed by atoms with E-state index < -0.39 is 34.6 Å². The summed E-state index contributed by atoms with van der Waals surface area (Å²) in [7, 11) is 0. The van der Waals surface area contributed by atoms with Gasteiger partial charge in [0.15, 0.2) is 23.3 Å². The van der Waals surface area contributed by atoms with Crippen LogP contribution in [0, 0.1) is 29.1 Å². The van der Waals surface area contributed by atoms with Crippen molar-refractivity contribution in [3.63, 3.8) is 0 Å². The quantitative estimate of drug-likeness (QED) is 0.0734. The fourth-order valence-electron chi connectivity index (χ4n) is 12.2. The highest BCUT2D eigenvalue weighted by molar-refractivity contribution is 6.09. The molecule has 0 atom stereocenters. The molecule has 3 heterocycles. The first kappa shape index (κ1) is 57.4. The van der Waals surface area contributed by atoms with E-state index in [4.69, 9.17) is 9.72 Å². The van der Waals surface area contributed by atoms with Crippen LogP contribution in [0.1, 0.15) is 104 Å². The predicted molar refractivity (Wildman–Crippen MR) is 344 cm³/mol. The summed E-state index contributed by atoms with van der Waals surface area (Å²) in [5.74, 6) is -8.18. The molecule has 0 unspecified atom stereocenters. The van der Waals surface area contributed by atoms with Crippen molar-refractivity contribution in [3.8, 4) is 61.8 Å². The topological polar surface area (TPSA) is 33.5 Å². The van der Waals surface area contributed by atoms with Crippen molar-refractivity contribution in [2.45, 2.75) is 105 Å². The van der Waals surface area contributed by atoms with Crippen LogP contribution in [0.2, 0.25) is 0 Å². The van der Waals surface area contributed by atoms with Gasteiger partial charge in [0.1, 0.15) is 24.0 Å². The van der Waals surface area contributed by atoms with Gasteiger partial charge in [0.2, 0.25) is 5.82 Å². The van der Waals surface area contributed by atoms with E-state index in [1.807, 2.05) is 96.0 Å². The molecule has 1 aliphatic heterocycles. The van der Waals surface area contributed by atoms with E-state index in [-0.39, 0.29) is 34.2 Å². The first-order valence-electron chi connectivity index (χ1n) is 29.5. The standard InChI is InChI=1S/C76H69F5N4O/c1-12-45-24-21-25-46(13-2)66(45)50-36-54(42-56(37-50)86-55-30-31-58-57-26-17-18-27-61(57)85(64(58)43-55)65-41-51(32-33-82-65)74(3,4)5)83-44-84(63-29-20-19-28-62(63)83)73-59(49-34-52(75(6,7)8)40-53(35-49)76(9,10)11)38-48(47-22-15-14-16-23-47)39-60(73)67-68(77)70(79)72(81)71(80)69(67)78/h14-43H,12-13,44H2,1-11H3. The van der Waals surface area contributed by atoms with Crippen LogP contribution in [0.15, 0.2) is 182 Å². The minimum Gasteiger partial charge on any atom is -0.457 e. The van der Waals surface area contributed by atoms with E-state index in [1.165, 1.54) is 0 Å². The van der Waals surface area contributed by atoms with Crippen molar-refractivity contribution in [1.82, 2.24) is 9.55 Å². The van der Waals surface area contributed by atoms with E-state index in [1.54, 1.807) is 6.07 Å². The Morgan fingerprint density at radius 2 is 1.01 bits per heavy atom. The number of aromatic nitrogens is 2. The number of para-hydroxylation sites is 3. The molecule has 2 aromatic heterocycles. The number of nitrogens with zero attached hydrogens (tertiary/aromatic N) is 4. The summed E-state index contributed by atoms with van der Waals surface area (Å²) < 4.78 is 90.4. The third kappa shape index (κ3) is 10.3. The van der Waals surface area contributed by atoms with Crippen LogP contribution in [-0.2, 0) is 29.1 Å². The Bertz CT molecular complexity index is 4380. The number of aryl methyl sites for hydroxylation is 2. The number of benzene rings is 9. The Labute approximate surface area is 501 Å². The smallest absolute Gasteiger partial charge is 0.200 e. The monoisotopic (exact) mass is 1150 g/mol. The zero-order chi connectivity index (χ0) is 60.7. The number of hydrogen-bond donors (Lipinski definition) is 0. The minimum atomic E-state index is -2.23. The molecule has 9 aromatic carbocycles. The van der Waals surface area contributed by atoms with Crippen LogP contribution in [0.25, 0.3) is 72.1 Å². The molecule has 0 radical (unpaired) electrons. The van der Waals surface area contributed by atoms with Gasteiger partial charge in [0.05, 0.1) is 33.7 Å². The lowest BCUT2D eigenvalue weighted by molar-refractivity contribution is 0.381. The lowest BCUT2D eigenvalue weighted by atomic mass is 9.78. The lowest BCUT2D eigenvalue weighted by Crippen LogP contribution is -2.25. The summed E-state index contributed by atoms with van der Waals surface area (Å²) in [6.07, 6.45) is 3.41. The SMILES string of the molecule is CCc1cccc(CC)c1-c1cc(Oc2ccc3c4ccccc4n(-c4cc(C(C)(C)C)ccn4)c3c2)cc(N2CN(c3c(-c4cc(C(C)(C)C)cc(C(C)(C)C)c4)cc(-c4ccccc4)cc3-c3c(F)c(F)c(F)c(F)c3F)c3ccccc32)c1. The predicted octanol–water partition coefficient (Wildman–Crippen LogP) is 21.6. The molecule has 0 fully saturated rings. The van der Waals surface area contributed by atoms with Crippen molar-refractivity contribution in [2.75, 3.05) is 16.5 Å². The highest BCUT2D eigenvalue weighted by atomic mass is 19.2. The van der Waals surface area contributed by atoms with Crippen molar-refractivity contribution >= 4 is 44.6 Å². The van der Waals surface area contributed by atoms with Crippen LogP contribution < -0.4 is 14.5 Å². The van der Waals surface area contributed by atoms with E-state index >= 15 is 22.0 Å². The fourth-order valence-corrected chi connectivity index (χ4v) is 12.2. The molecule has 0 aliphatic carbocycles. The Hall–Kier alpha value is -9.02. The van der Waals surface area contributed by atoms with Gasteiger partial charge in [-0.05, 0) is 151 Å². The van der Waals surface area contributed by atoms with Gasteiger partial charge in [-0.15, -0.1) is 0 Å². The summed E-state index contributed by atoms with van der Waals surface area (Å²) in [6.45, 7) is 23.7. The third-order valence-corrected chi connectivity index (χ3v) is 16.9. The molecular formula is C76H69F5N4O. The number of ether oxygens (including phenoxy) is 1. The number of rotatable bonds is 11. The van der Waals surface area contributed by atoms with Crippen molar-refractivity contribution in [2.24, 2.45) is 0 Å². The molecule has 1 aliphatic rings. The number of anilines is 4. The summed E-state index contributed by atoms with van der Waals surface area (Å²) in [5, 5.41) is 2.13. The number of pyridine rings is 1. The second kappa shape index (κ2) is 21.8. The normalized spacial score (nSPS) is 12.9. The van der Waals surface area contributed by atoms with Gasteiger partial charge in [-0.25, -0.2) is 26.9 Å². The minimum absolute atomic E-state index is 0.0517. The zero-order valence-corrected chi connectivity index (χ0v) is 50.5. The van der Waals surface area contributed by atoms with Gasteiger partial charge in [-0.3, -0.25) is 4.57 Å². The Morgan fingerprint density at radius 1 is 0.430 bits per heavy atom. The summed E-state index contributed by atoms with van der Waals surface area (Å²) in [4.78, 5) is 9.01. The van der Waals surface area contributed by atoms with E-state index in [2.05, 4.69) is 171 Å². The van der Waals surface area contributed by atoms with Gasteiger partial charge in [0.25, 0.3) is 0 Å². The summed E-state index contributed by atoms with van der Waals surface area (Å²) in [5.41, 5.74) is 12.3. The van der Waals surface area contributed by atoms with Gasteiger partial charge < -0.3 is 14.5 Å². The van der Waals surface area contributed by atoms with Crippen LogP contribution in [0.4, 0.5) is 44.7 Å². The molecule has 86 heavy (non-hydrogen) atoms. The van der Waals surface area contributed by atoms with Gasteiger partial charge in [0, 0.05) is 45.9 Å². The summed E-state index contributed by atoms with van der Waals surface area (Å²) in [6, 6.07) is 58.3. The highest BCUT2D eigenvalue weighted by Crippen LogP contribution is 2.54. The van der Waals surface area contributed by atoms with E-state index in [9.17, 15) is 0 Å². The number of fused-ring (bicyclic) bond motifs is 4. The maximum Gasteiger partial charge on any atom is 0.200 e. The molecule has 11 aromatic rings. The van der Waals surface area contributed by atoms with E-state index in [0.29, 0.717) is 39.4 Å². The maximum absolute atomic E-state index is 17.0. The van der Waals surface area contributed by atoms with Crippen molar-refractivity contribution in [3.05, 3.63) is 239 Å². The van der Waals surface area contributed by atoms with Crippen molar-refractivity contribution < 1.29 is 26.7 Å². The molecule has 0 bridgehead atoms. The Morgan fingerprint density at radius 3 is 1.65 bits per heavy atom. The summed E-state index contributed by atoms with van der Waals surface area (Å²) >= 11 is 0. The van der Waals surface area contributed by atoms with Crippen molar-refractivity contribution in [1.29, 1.82) is 0 Å². The fraction of sp³-hybridized carbons (Fsp3) is 0.224. The molecular weight excluding hydrogens is 1080 g/mol. The van der Waals surface area contributed by atoms with Gasteiger partial charge >= 0.3 is 0 Å². The lowest BCUT2D eigenvalue weighted by Gasteiger charge is -2.30. The molecule has 0 amide bonds. The largest absolute Gasteiger partial charge is 0.457 e. The second-order valence-electron chi connectivity index (χ2n) is 25.7. The van der Waals surface area contributed by atoms with Crippen LogP contribution in [0.3, 0.4) is 0 Å². The van der Waals surface area contributed by atoms with E-state index in [0.717, 1.165) is 90.8 Å². The highest BCUT2D eigenvalue weighted by Gasteiger charge is 2.37. The first-order valence-corrected chi connectivity index (χ1v) is 29.5. The maximum atomic E-state index is 17.0. The molecule has 434 valence electrons. The second-order valence-corrected chi connectivity index (χ2v) is 25.7. The molecule has 5 nitrogen and oxygen atoms in total. The molecule has 10 heteroatoms. The average Bonchev–Trinajstić information content (AvgIpc) is 1.46. The molecule has 12 rings (SSSR count). The molecule has 0 saturated carbocycles. The number of halogens is 5. The van der Waals surface area contributed by atoms with Gasteiger partial charge in [-0.1, -0.05) is 173 Å². The Balaban J connectivity index is 1.10. The molecule has 0 N–H and O–H groups in total. The van der Waals surface area contributed by atoms with Crippen LogP contribution in [0.5, 0.6) is 11.5 Å². The average molecular weight is 1150 g/mol. The van der Waals surface area contributed by atoms with Gasteiger partial charge in [-0.2, -0.15) is 0 Å². The van der Waals surface area contributed by atoms with Crippen LogP contribution in [-0.4, -0.2) is 16.2 Å².